The summed E-state index contributed by atoms with van der Waals surface area (Å²) in [7, 11) is 0. The zero-order chi connectivity index (χ0) is 13.3. The summed E-state index contributed by atoms with van der Waals surface area (Å²) in [5, 5.41) is 13.5. The van der Waals surface area contributed by atoms with E-state index in [0.29, 0.717) is 0 Å². The van der Waals surface area contributed by atoms with Crippen molar-refractivity contribution in [2.45, 2.75) is 38.3 Å². The molecule has 0 aromatic heterocycles. The third-order valence-corrected chi connectivity index (χ3v) is 2.25. The maximum absolute atomic E-state index is 11.5. The molecule has 1 aliphatic heterocycles. The van der Waals surface area contributed by atoms with Crippen LogP contribution in [-0.2, 0) is 14.3 Å². The molecule has 1 fully saturated rings. The predicted octanol–water partition coefficient (Wildman–Crippen LogP) is -0.146. The minimum Gasteiger partial charge on any atom is -0.479 e. The molecule has 0 radical (unpaired) electrons. The van der Waals surface area contributed by atoms with E-state index in [1.54, 1.807) is 20.8 Å². The Morgan fingerprint density at radius 3 is 2.41 bits per heavy atom. The van der Waals surface area contributed by atoms with Gasteiger partial charge in [0.1, 0.15) is 5.60 Å². The first-order valence-electron chi connectivity index (χ1n) is 5.20. The van der Waals surface area contributed by atoms with Crippen LogP contribution in [-0.4, -0.2) is 40.8 Å². The van der Waals surface area contributed by atoms with Gasteiger partial charge in [-0.05, 0) is 20.8 Å². The van der Waals surface area contributed by atoms with Crippen molar-refractivity contribution >= 4 is 18.0 Å². The Hall–Kier alpha value is -1.79. The lowest BCUT2D eigenvalue weighted by atomic mass is 9.98. The lowest BCUT2D eigenvalue weighted by molar-refractivity contribution is -0.149. The van der Waals surface area contributed by atoms with Gasteiger partial charge in [-0.25, -0.2) is 9.59 Å². The molecular weight excluding hydrogens is 228 g/mol. The molecule has 1 saturated heterocycles. The maximum atomic E-state index is 11.5. The summed E-state index contributed by atoms with van der Waals surface area (Å²) in [6.45, 7) is 5.15. The molecule has 7 nitrogen and oxygen atoms in total. The first-order valence-corrected chi connectivity index (χ1v) is 5.20. The molecule has 0 spiro atoms. The van der Waals surface area contributed by atoms with Crippen LogP contribution in [0.1, 0.15) is 27.2 Å². The highest BCUT2D eigenvalue weighted by molar-refractivity contribution is 6.10. The van der Waals surface area contributed by atoms with Crippen LogP contribution >= 0.6 is 0 Å². The number of carbonyl (C=O) groups is 3. The van der Waals surface area contributed by atoms with E-state index < -0.39 is 29.1 Å². The summed E-state index contributed by atoms with van der Waals surface area (Å²) in [5.74, 6) is -2.12. The van der Waals surface area contributed by atoms with E-state index in [2.05, 4.69) is 10.6 Å². The van der Waals surface area contributed by atoms with E-state index in [1.807, 2.05) is 0 Å². The van der Waals surface area contributed by atoms with Gasteiger partial charge < -0.3 is 15.2 Å². The molecule has 0 saturated carbocycles. The van der Waals surface area contributed by atoms with Gasteiger partial charge in [0.25, 0.3) is 5.91 Å². The fourth-order valence-electron chi connectivity index (χ4n) is 1.48. The third kappa shape index (κ3) is 2.86. The Morgan fingerprint density at radius 1 is 1.47 bits per heavy atom. The molecule has 3 N–H and O–H groups in total. The number of amides is 2. The van der Waals surface area contributed by atoms with E-state index in [4.69, 9.17) is 9.84 Å². The molecule has 0 bridgehead atoms. The van der Waals surface area contributed by atoms with E-state index in [9.17, 15) is 14.4 Å². The number of rotatable bonds is 2. The highest BCUT2D eigenvalue weighted by atomic mass is 16.6. The number of aliphatic carboxylic acids is 1. The monoisotopic (exact) mass is 244 g/mol. The van der Waals surface area contributed by atoms with E-state index in [0.717, 1.165) is 0 Å². The molecule has 17 heavy (non-hydrogen) atoms. The maximum Gasteiger partial charge on any atom is 0.408 e. The summed E-state index contributed by atoms with van der Waals surface area (Å²) >= 11 is 0. The van der Waals surface area contributed by atoms with Crippen LogP contribution in [0.25, 0.3) is 0 Å². The van der Waals surface area contributed by atoms with Crippen molar-refractivity contribution in [3.63, 3.8) is 0 Å². The van der Waals surface area contributed by atoms with Crippen molar-refractivity contribution in [3.8, 4) is 0 Å². The number of carbonyl (C=O) groups excluding carboxylic acids is 2. The number of nitrogens with one attached hydrogen (secondary N) is 2. The molecule has 1 aliphatic rings. The number of carboxylic acids is 1. The number of ether oxygens (including phenoxy) is 1. The van der Waals surface area contributed by atoms with Gasteiger partial charge in [-0.3, -0.25) is 10.1 Å². The van der Waals surface area contributed by atoms with Crippen molar-refractivity contribution in [2.75, 3.05) is 6.54 Å². The molecule has 1 rings (SSSR count). The normalized spacial score (nSPS) is 24.1. The smallest absolute Gasteiger partial charge is 0.408 e. The van der Waals surface area contributed by atoms with Gasteiger partial charge in [0.2, 0.25) is 5.54 Å². The van der Waals surface area contributed by atoms with Crippen molar-refractivity contribution in [1.29, 1.82) is 0 Å². The number of hydrogen-bond acceptors (Lipinski definition) is 4. The van der Waals surface area contributed by atoms with Gasteiger partial charge in [-0.2, -0.15) is 0 Å². The summed E-state index contributed by atoms with van der Waals surface area (Å²) in [4.78, 5) is 34.1. The first kappa shape index (κ1) is 13.3. The largest absolute Gasteiger partial charge is 0.479 e. The Balaban J connectivity index is 2.79. The fourth-order valence-corrected chi connectivity index (χ4v) is 1.48. The van der Waals surface area contributed by atoms with Crippen molar-refractivity contribution in [1.82, 2.24) is 10.6 Å². The topological polar surface area (TPSA) is 105 Å². The second-order valence-electron chi connectivity index (χ2n) is 4.84. The average Bonchev–Trinajstić information content (AvgIpc) is 2.45. The molecular formula is C10H16N2O5. The molecule has 0 aliphatic carbocycles. The molecule has 1 atom stereocenters. The minimum atomic E-state index is -1.91. The highest BCUT2D eigenvalue weighted by Crippen LogP contribution is 2.18. The van der Waals surface area contributed by atoms with Gasteiger partial charge in [0.15, 0.2) is 0 Å². The second-order valence-corrected chi connectivity index (χ2v) is 4.84. The molecule has 0 aromatic carbocycles. The molecule has 2 amide bonds. The number of alkyl carbamates (subject to hydrolysis) is 1. The van der Waals surface area contributed by atoms with Gasteiger partial charge in [-0.15, -0.1) is 0 Å². The van der Waals surface area contributed by atoms with Crippen LogP contribution in [0.15, 0.2) is 0 Å². The molecule has 0 aromatic rings. The molecule has 1 heterocycles. The van der Waals surface area contributed by atoms with Gasteiger partial charge >= 0.3 is 12.1 Å². The van der Waals surface area contributed by atoms with Gasteiger partial charge in [0.05, 0.1) is 0 Å². The predicted molar refractivity (Wildman–Crippen MR) is 57.4 cm³/mol. The van der Waals surface area contributed by atoms with Gasteiger partial charge in [0, 0.05) is 13.0 Å². The van der Waals surface area contributed by atoms with Crippen LogP contribution in [0.3, 0.4) is 0 Å². The van der Waals surface area contributed by atoms with Crippen LogP contribution in [0, 0.1) is 0 Å². The average molecular weight is 244 g/mol. The van der Waals surface area contributed by atoms with Crippen LogP contribution in [0.4, 0.5) is 4.79 Å². The first-order chi connectivity index (χ1) is 7.67. The highest BCUT2D eigenvalue weighted by Gasteiger charge is 2.51. The molecule has 1 unspecified atom stereocenters. The van der Waals surface area contributed by atoms with E-state index in [-0.39, 0.29) is 13.0 Å². The second kappa shape index (κ2) is 4.23. The Morgan fingerprint density at radius 2 is 2.06 bits per heavy atom. The Labute approximate surface area is 98.5 Å². The summed E-state index contributed by atoms with van der Waals surface area (Å²) in [6.07, 6.45) is -0.919. The van der Waals surface area contributed by atoms with Crippen LogP contribution < -0.4 is 10.6 Å². The van der Waals surface area contributed by atoms with E-state index >= 15 is 0 Å². The lowest BCUT2D eigenvalue weighted by Gasteiger charge is -2.25. The van der Waals surface area contributed by atoms with Crippen LogP contribution in [0.5, 0.6) is 0 Å². The van der Waals surface area contributed by atoms with E-state index in [1.165, 1.54) is 0 Å². The van der Waals surface area contributed by atoms with Crippen molar-refractivity contribution in [2.24, 2.45) is 0 Å². The standard InChI is InChI=1S/C10H16N2O5/c1-9(2,3)17-8(16)12-10(7(14)15)4-5-11-6(10)13/h4-5H2,1-3H3,(H,11,13)(H,12,16)(H,14,15). The Kier molecular flexibility index (Phi) is 3.30. The summed E-state index contributed by atoms with van der Waals surface area (Å²) in [6, 6.07) is 0. The van der Waals surface area contributed by atoms with Gasteiger partial charge in [-0.1, -0.05) is 0 Å². The Bertz CT molecular complexity index is 360. The summed E-state index contributed by atoms with van der Waals surface area (Å²) < 4.78 is 4.93. The third-order valence-electron chi connectivity index (χ3n) is 2.25. The van der Waals surface area contributed by atoms with Crippen molar-refractivity contribution < 1.29 is 24.2 Å². The zero-order valence-corrected chi connectivity index (χ0v) is 9.99. The number of hydrogen-bond donors (Lipinski definition) is 3. The minimum absolute atomic E-state index is 0.000406. The quantitative estimate of drug-likeness (QED) is 0.586. The van der Waals surface area contributed by atoms with Crippen molar-refractivity contribution in [3.05, 3.63) is 0 Å². The van der Waals surface area contributed by atoms with Crippen LogP contribution in [0.2, 0.25) is 0 Å². The molecule has 96 valence electrons. The molecule has 7 heteroatoms. The SMILES string of the molecule is CC(C)(C)OC(=O)NC1(C(=O)O)CCNC1=O. The lowest BCUT2D eigenvalue weighted by Crippen LogP contribution is -2.59. The summed E-state index contributed by atoms with van der Waals surface area (Å²) in [5.41, 5.74) is -2.67. The zero-order valence-electron chi connectivity index (χ0n) is 9.99. The fraction of sp³-hybridized carbons (Fsp3) is 0.700. The number of carboxylic acid groups (broad SMARTS) is 1.